The standard InChI is InChI=1S/C29H29ClF5N9O3/c1-28(31,32)15-47-27(45)44(22-9-4-16(10-36-22)17-11-38-26(46-3)39-12-17)19-7-5-18(6-8-19)40-25-37-13-20(29(33,34)35)23(41-25)24-21(30)14-43(2)42-24/h4,9-14,18-19H,5-8,15H2,1-3H3,(H,37,40,41)/t18-,19-. The molecule has 4 aromatic heterocycles. The second kappa shape index (κ2) is 13.6. The zero-order valence-electron chi connectivity index (χ0n) is 25.3. The Bertz CT molecular complexity index is 1690. The minimum absolute atomic E-state index is 0.00468. The predicted molar refractivity (Wildman–Crippen MR) is 160 cm³/mol. The van der Waals surface area contributed by atoms with E-state index in [0.717, 1.165) is 0 Å². The Hall–Kier alpha value is -4.67. The third-order valence-corrected chi connectivity index (χ3v) is 7.56. The minimum Gasteiger partial charge on any atom is -0.467 e. The van der Waals surface area contributed by atoms with Gasteiger partial charge in [-0.25, -0.2) is 38.5 Å². The predicted octanol–water partition coefficient (Wildman–Crippen LogP) is 6.43. The van der Waals surface area contributed by atoms with Crippen molar-refractivity contribution in [1.82, 2.24) is 34.7 Å². The van der Waals surface area contributed by atoms with Gasteiger partial charge in [0.25, 0.3) is 5.92 Å². The van der Waals surface area contributed by atoms with Gasteiger partial charge in [-0.3, -0.25) is 9.58 Å². The zero-order valence-corrected chi connectivity index (χ0v) is 26.1. The van der Waals surface area contributed by atoms with Crippen LogP contribution in [0.25, 0.3) is 22.5 Å². The molecule has 0 bridgehead atoms. The van der Waals surface area contributed by atoms with Crippen molar-refractivity contribution in [1.29, 1.82) is 0 Å². The molecule has 5 rings (SSSR count). The first-order chi connectivity index (χ1) is 22.2. The summed E-state index contributed by atoms with van der Waals surface area (Å²) in [5.74, 6) is -3.11. The van der Waals surface area contributed by atoms with Gasteiger partial charge in [0.1, 0.15) is 22.8 Å². The van der Waals surface area contributed by atoms with E-state index in [1.54, 1.807) is 24.5 Å². The van der Waals surface area contributed by atoms with Gasteiger partial charge in [0.15, 0.2) is 6.61 Å². The molecule has 0 aliphatic heterocycles. The van der Waals surface area contributed by atoms with Crippen LogP contribution < -0.4 is 15.0 Å². The van der Waals surface area contributed by atoms with Crippen LogP contribution in [0.1, 0.15) is 38.2 Å². The third kappa shape index (κ3) is 8.19. The number of carbonyl (C=O) groups excluding carboxylic acids is 1. The van der Waals surface area contributed by atoms with E-state index in [1.807, 2.05) is 0 Å². The Morgan fingerprint density at radius 1 is 1.00 bits per heavy atom. The summed E-state index contributed by atoms with van der Waals surface area (Å²) in [5, 5.41) is 7.09. The van der Waals surface area contributed by atoms with E-state index >= 15 is 0 Å². The average molecular weight is 682 g/mol. The van der Waals surface area contributed by atoms with Crippen molar-refractivity contribution in [3.8, 4) is 28.5 Å². The highest BCUT2D eigenvalue weighted by Gasteiger charge is 2.38. The van der Waals surface area contributed by atoms with E-state index in [-0.39, 0.29) is 34.5 Å². The Kier molecular flexibility index (Phi) is 9.74. The molecule has 0 aromatic carbocycles. The summed E-state index contributed by atoms with van der Waals surface area (Å²) in [6, 6.07) is 2.68. The largest absolute Gasteiger partial charge is 0.467 e. The molecule has 0 unspecified atom stereocenters. The summed E-state index contributed by atoms with van der Waals surface area (Å²) in [7, 11) is 2.96. The summed E-state index contributed by atoms with van der Waals surface area (Å²) < 4.78 is 79.6. The number of pyridine rings is 1. The first-order valence-electron chi connectivity index (χ1n) is 14.3. The minimum atomic E-state index is -4.75. The molecule has 1 aliphatic carbocycles. The Morgan fingerprint density at radius 2 is 1.68 bits per heavy atom. The molecule has 4 aromatic rings. The molecule has 18 heteroatoms. The molecule has 0 atom stereocenters. The smallest absolute Gasteiger partial charge is 0.420 e. The van der Waals surface area contributed by atoms with Crippen molar-refractivity contribution in [3.05, 3.63) is 53.7 Å². The lowest BCUT2D eigenvalue weighted by Gasteiger charge is -2.36. The van der Waals surface area contributed by atoms with E-state index in [4.69, 9.17) is 21.1 Å². The van der Waals surface area contributed by atoms with E-state index in [9.17, 15) is 26.7 Å². The topological polar surface area (TPSA) is 133 Å². The lowest BCUT2D eigenvalue weighted by atomic mass is 9.90. The number of amides is 1. The lowest BCUT2D eigenvalue weighted by molar-refractivity contribution is -0.137. The number of methoxy groups -OCH3 is 1. The van der Waals surface area contributed by atoms with Crippen LogP contribution >= 0.6 is 11.6 Å². The molecule has 250 valence electrons. The average Bonchev–Trinajstić information content (AvgIpc) is 3.37. The Balaban J connectivity index is 1.32. The number of anilines is 2. The second-order valence-electron chi connectivity index (χ2n) is 11.0. The number of carbonyl (C=O) groups is 1. The van der Waals surface area contributed by atoms with E-state index in [1.165, 1.54) is 36.1 Å². The van der Waals surface area contributed by atoms with Gasteiger partial charge >= 0.3 is 18.3 Å². The van der Waals surface area contributed by atoms with Crippen LogP contribution in [0, 0.1) is 0 Å². The summed E-state index contributed by atoms with van der Waals surface area (Å²) >= 11 is 6.14. The molecule has 0 saturated heterocycles. The Labute approximate surface area is 270 Å². The molecular weight excluding hydrogens is 653 g/mol. The molecule has 1 fully saturated rings. The number of alkyl halides is 5. The van der Waals surface area contributed by atoms with Crippen LogP contribution in [0.15, 0.2) is 43.1 Å². The zero-order chi connectivity index (χ0) is 33.9. The van der Waals surface area contributed by atoms with Crippen molar-refractivity contribution < 1.29 is 36.2 Å². The molecule has 0 radical (unpaired) electrons. The van der Waals surface area contributed by atoms with E-state index in [2.05, 4.69) is 35.3 Å². The normalized spacial score (nSPS) is 16.9. The maximum absolute atomic E-state index is 13.8. The number of nitrogens with one attached hydrogen (secondary N) is 1. The SMILES string of the molecule is COc1ncc(-c2ccc(N(C(=O)OCC(C)(F)F)[C@H]3CC[C@H](Nc4ncc(C(F)(F)F)c(-c5nn(C)cc5Cl)n4)CC3)nc2)cn1. The fourth-order valence-electron chi connectivity index (χ4n) is 5.08. The van der Waals surface area contributed by atoms with Crippen LogP contribution in [0.2, 0.25) is 5.02 Å². The molecule has 47 heavy (non-hydrogen) atoms. The summed E-state index contributed by atoms with van der Waals surface area (Å²) in [5.41, 5.74) is -0.417. The number of rotatable bonds is 9. The Morgan fingerprint density at radius 3 is 2.23 bits per heavy atom. The van der Waals surface area contributed by atoms with Crippen molar-refractivity contribution in [2.24, 2.45) is 7.05 Å². The van der Waals surface area contributed by atoms with E-state index in [0.29, 0.717) is 49.9 Å². The molecule has 0 spiro atoms. The van der Waals surface area contributed by atoms with Gasteiger partial charge < -0.3 is 14.8 Å². The number of halogens is 6. The fraction of sp³-hybridized carbons (Fsp3) is 0.414. The molecule has 1 saturated carbocycles. The molecule has 1 N–H and O–H groups in total. The van der Waals surface area contributed by atoms with Crippen LogP contribution in [-0.4, -0.2) is 72.5 Å². The maximum Gasteiger partial charge on any atom is 0.420 e. The van der Waals surface area contributed by atoms with Crippen LogP contribution in [-0.2, 0) is 18.0 Å². The van der Waals surface area contributed by atoms with Gasteiger partial charge in [-0.1, -0.05) is 11.6 Å². The molecule has 12 nitrogen and oxygen atoms in total. The highest BCUT2D eigenvalue weighted by molar-refractivity contribution is 6.32. The van der Waals surface area contributed by atoms with Gasteiger partial charge in [0.2, 0.25) is 5.95 Å². The molecule has 1 aliphatic rings. The van der Waals surface area contributed by atoms with Gasteiger partial charge in [0.05, 0.1) is 12.1 Å². The second-order valence-corrected chi connectivity index (χ2v) is 11.4. The highest BCUT2D eigenvalue weighted by Crippen LogP contribution is 2.38. The van der Waals surface area contributed by atoms with Gasteiger partial charge in [-0.15, -0.1) is 0 Å². The number of aromatic nitrogens is 7. The number of ether oxygens (including phenoxy) is 2. The fourth-order valence-corrected chi connectivity index (χ4v) is 5.35. The van der Waals surface area contributed by atoms with Crippen molar-refractivity contribution >= 4 is 29.5 Å². The lowest BCUT2D eigenvalue weighted by Crippen LogP contribution is -2.45. The molecule has 4 heterocycles. The van der Waals surface area contributed by atoms with Gasteiger partial charge in [0, 0.05) is 68.2 Å². The van der Waals surface area contributed by atoms with Crippen LogP contribution in [0.5, 0.6) is 6.01 Å². The summed E-state index contributed by atoms with van der Waals surface area (Å²) in [6.45, 7) is -0.476. The first kappa shape index (κ1) is 33.7. The summed E-state index contributed by atoms with van der Waals surface area (Å²) in [6.07, 6.45) is 2.51. The quantitative estimate of drug-likeness (QED) is 0.197. The van der Waals surface area contributed by atoms with Gasteiger partial charge in [-0.05, 0) is 37.8 Å². The molecular formula is C29H29ClF5N9O3. The number of aryl methyl sites for hydroxylation is 1. The van der Waals surface area contributed by atoms with Crippen LogP contribution in [0.4, 0.5) is 38.5 Å². The van der Waals surface area contributed by atoms with Crippen molar-refractivity contribution in [2.45, 2.75) is 56.8 Å². The van der Waals surface area contributed by atoms with Crippen LogP contribution in [0.3, 0.4) is 0 Å². The monoisotopic (exact) mass is 681 g/mol. The maximum atomic E-state index is 13.8. The number of hydrogen-bond acceptors (Lipinski definition) is 10. The first-order valence-corrected chi connectivity index (χ1v) is 14.7. The van der Waals surface area contributed by atoms with Crippen molar-refractivity contribution in [2.75, 3.05) is 23.9 Å². The molecule has 1 amide bonds. The third-order valence-electron chi connectivity index (χ3n) is 7.28. The van der Waals surface area contributed by atoms with Crippen molar-refractivity contribution in [3.63, 3.8) is 0 Å². The highest BCUT2D eigenvalue weighted by atomic mass is 35.5. The van der Waals surface area contributed by atoms with E-state index < -0.39 is 42.1 Å². The number of nitrogens with zero attached hydrogens (tertiary/aromatic N) is 8. The number of hydrogen-bond donors (Lipinski definition) is 1. The summed E-state index contributed by atoms with van der Waals surface area (Å²) in [4.78, 5) is 34.9. The van der Waals surface area contributed by atoms with Gasteiger partial charge in [-0.2, -0.15) is 18.3 Å².